The number of hydrogen-bond donors (Lipinski definition) is 1. The first-order valence-electron chi connectivity index (χ1n) is 13.6. The van der Waals surface area contributed by atoms with Crippen LogP contribution in [0.2, 0.25) is 0 Å². The molecule has 4 aliphatic rings. The van der Waals surface area contributed by atoms with Gasteiger partial charge in [0.2, 0.25) is 5.76 Å². The Morgan fingerprint density at radius 2 is 2.02 bits per heavy atom. The van der Waals surface area contributed by atoms with Crippen molar-refractivity contribution in [1.82, 2.24) is 20.3 Å². The molecule has 1 N–H and O–H groups in total. The molecule has 1 aliphatic carbocycles. The zero-order valence-corrected chi connectivity index (χ0v) is 22.8. The second-order valence-corrected chi connectivity index (χ2v) is 11.8. The van der Waals surface area contributed by atoms with Gasteiger partial charge in [-0.2, -0.15) is 0 Å². The van der Waals surface area contributed by atoms with E-state index in [0.717, 1.165) is 24.3 Å². The third-order valence-corrected chi connectivity index (χ3v) is 8.37. The summed E-state index contributed by atoms with van der Waals surface area (Å²) in [5, 5.41) is 5.49. The molecule has 2 aromatic heterocycles. The lowest BCUT2D eigenvalue weighted by Gasteiger charge is -2.50. The number of hydroxylamine groups is 2. The van der Waals surface area contributed by atoms with Crippen LogP contribution in [0.4, 0.5) is 0 Å². The van der Waals surface area contributed by atoms with Crippen LogP contribution in [-0.2, 0) is 16.0 Å². The van der Waals surface area contributed by atoms with Crippen LogP contribution in [0.3, 0.4) is 0 Å². The molecule has 0 bridgehead atoms. The Balaban J connectivity index is 1.19. The van der Waals surface area contributed by atoms with Gasteiger partial charge in [0.15, 0.2) is 11.5 Å². The third kappa shape index (κ3) is 4.11. The molecule has 1 atom stereocenters. The van der Waals surface area contributed by atoms with Crippen molar-refractivity contribution in [3.63, 3.8) is 0 Å². The lowest BCUT2D eigenvalue weighted by molar-refractivity contribution is -0.108. The van der Waals surface area contributed by atoms with E-state index >= 15 is 0 Å². The Morgan fingerprint density at radius 1 is 1.20 bits per heavy atom. The zero-order chi connectivity index (χ0) is 27.6. The van der Waals surface area contributed by atoms with Gasteiger partial charge in [-0.1, -0.05) is 0 Å². The molecule has 210 valence electrons. The number of fused-ring (bicyclic) bond motifs is 4. The van der Waals surface area contributed by atoms with Crippen molar-refractivity contribution >= 4 is 22.8 Å². The molecule has 11 nitrogen and oxygen atoms in total. The van der Waals surface area contributed by atoms with E-state index in [1.54, 1.807) is 31.5 Å². The molecule has 40 heavy (non-hydrogen) atoms. The number of nitrogens with one attached hydrogen (secondary N) is 1. The van der Waals surface area contributed by atoms with Gasteiger partial charge in [0, 0.05) is 24.9 Å². The second kappa shape index (κ2) is 9.18. The van der Waals surface area contributed by atoms with Gasteiger partial charge < -0.3 is 33.7 Å². The largest absolute Gasteiger partial charge is 0.486 e. The number of rotatable bonds is 6. The highest BCUT2D eigenvalue weighted by molar-refractivity contribution is 6.04. The van der Waals surface area contributed by atoms with Crippen LogP contribution in [0.1, 0.15) is 53.3 Å². The van der Waals surface area contributed by atoms with Gasteiger partial charge in [-0.25, -0.2) is 0 Å². The fourth-order valence-electron chi connectivity index (χ4n) is 6.08. The molecule has 3 aromatic rings. The Morgan fingerprint density at radius 3 is 2.75 bits per heavy atom. The fourth-order valence-corrected chi connectivity index (χ4v) is 6.08. The molecule has 1 aromatic carbocycles. The van der Waals surface area contributed by atoms with Crippen LogP contribution >= 0.6 is 0 Å². The number of benzene rings is 1. The van der Waals surface area contributed by atoms with E-state index in [0.29, 0.717) is 48.6 Å². The van der Waals surface area contributed by atoms with Crippen LogP contribution in [-0.4, -0.2) is 83.5 Å². The summed E-state index contributed by atoms with van der Waals surface area (Å²) in [6.07, 6.45) is 3.30. The first-order chi connectivity index (χ1) is 19.2. The van der Waals surface area contributed by atoms with E-state index in [-0.39, 0.29) is 41.9 Å². The van der Waals surface area contributed by atoms with Gasteiger partial charge >= 0.3 is 0 Å². The lowest BCUT2D eigenvalue weighted by Crippen LogP contribution is -2.64. The smallest absolute Gasteiger partial charge is 0.294 e. The van der Waals surface area contributed by atoms with E-state index in [9.17, 15) is 9.59 Å². The normalized spacial score (nSPS) is 27.1. The van der Waals surface area contributed by atoms with Crippen molar-refractivity contribution in [2.45, 2.75) is 56.5 Å². The average Bonchev–Trinajstić information content (AvgIpc) is 3.45. The molecule has 5 heterocycles. The minimum atomic E-state index is -0.726. The molecule has 1 saturated carbocycles. The summed E-state index contributed by atoms with van der Waals surface area (Å²) >= 11 is 0. The van der Waals surface area contributed by atoms with Gasteiger partial charge in [0.25, 0.3) is 11.8 Å². The van der Waals surface area contributed by atoms with Crippen LogP contribution in [0.5, 0.6) is 11.5 Å². The minimum absolute atomic E-state index is 0.0416. The Bertz CT molecular complexity index is 1470. The number of carbonyl (C=O) groups is 2. The summed E-state index contributed by atoms with van der Waals surface area (Å²) in [7, 11) is 1.69. The summed E-state index contributed by atoms with van der Waals surface area (Å²) in [5.41, 5.74) is 0.627. The Labute approximate surface area is 231 Å². The molecule has 0 spiro atoms. The van der Waals surface area contributed by atoms with Gasteiger partial charge in [-0.15, -0.1) is 5.06 Å². The Hall–Kier alpha value is -3.67. The Kier molecular flexibility index (Phi) is 5.81. The highest BCUT2D eigenvalue weighted by atomic mass is 16.7. The SMILES string of the molecule is COC1CC(N2C(=O)c3oc4cc(C(=O)NC5(C)COC5)ccc4c3OCC2(C)CN2Cc3ncccc3O2)C1. The predicted molar refractivity (Wildman–Crippen MR) is 142 cm³/mol. The molecule has 0 radical (unpaired) electrons. The number of methoxy groups -OCH3 is 1. The quantitative estimate of drug-likeness (QED) is 0.496. The van der Waals surface area contributed by atoms with Crippen molar-refractivity contribution in [3.8, 4) is 11.5 Å². The molecule has 2 fully saturated rings. The van der Waals surface area contributed by atoms with Crippen molar-refractivity contribution < 1.29 is 33.1 Å². The third-order valence-electron chi connectivity index (χ3n) is 8.37. The zero-order valence-electron chi connectivity index (χ0n) is 22.8. The standard InChI is InChI=1S/C29H32N4O7/c1-28(14-37-15-28)31-26(34)17-6-7-20-23(9-17)39-25-24(20)38-16-29(2,33(27(25)35)18-10-19(11-18)36-3)13-32-12-21-22(40-32)5-4-8-30-21/h4-9,18-19H,10-16H2,1-3H3,(H,31,34). The van der Waals surface area contributed by atoms with Crippen molar-refractivity contribution in [1.29, 1.82) is 0 Å². The molecular weight excluding hydrogens is 516 g/mol. The van der Waals surface area contributed by atoms with Crippen molar-refractivity contribution in [2.75, 3.05) is 33.5 Å². The van der Waals surface area contributed by atoms with Crippen LogP contribution in [0, 0.1) is 0 Å². The monoisotopic (exact) mass is 548 g/mol. The van der Waals surface area contributed by atoms with E-state index < -0.39 is 5.54 Å². The van der Waals surface area contributed by atoms with E-state index in [2.05, 4.69) is 10.3 Å². The number of pyridine rings is 1. The molecule has 1 unspecified atom stereocenters. The second-order valence-electron chi connectivity index (χ2n) is 11.8. The number of furan rings is 1. The van der Waals surface area contributed by atoms with Crippen molar-refractivity contribution in [2.24, 2.45) is 0 Å². The molecule has 11 heteroatoms. The van der Waals surface area contributed by atoms with Crippen molar-refractivity contribution in [3.05, 3.63) is 53.5 Å². The topological polar surface area (TPSA) is 116 Å². The fraction of sp³-hybridized carbons (Fsp3) is 0.483. The maximum absolute atomic E-state index is 14.2. The van der Waals surface area contributed by atoms with E-state index in [1.165, 1.54) is 0 Å². The molecule has 7 rings (SSSR count). The van der Waals surface area contributed by atoms with Gasteiger partial charge in [-0.05, 0) is 57.0 Å². The maximum atomic E-state index is 14.2. The van der Waals surface area contributed by atoms with Crippen LogP contribution in [0.15, 0.2) is 40.9 Å². The summed E-state index contributed by atoms with van der Waals surface area (Å²) in [5.74, 6) is 0.796. The first kappa shape index (κ1) is 25.3. The highest BCUT2D eigenvalue weighted by Crippen LogP contribution is 2.43. The van der Waals surface area contributed by atoms with E-state index in [1.807, 2.05) is 35.9 Å². The number of ether oxygens (including phenoxy) is 3. The van der Waals surface area contributed by atoms with Gasteiger partial charge in [0.05, 0.1) is 48.9 Å². The summed E-state index contributed by atoms with van der Waals surface area (Å²) in [6, 6.07) is 8.86. The van der Waals surface area contributed by atoms with Crippen LogP contribution in [0.25, 0.3) is 11.0 Å². The highest BCUT2D eigenvalue weighted by Gasteiger charge is 2.51. The van der Waals surface area contributed by atoms with E-state index in [4.69, 9.17) is 23.5 Å². The maximum Gasteiger partial charge on any atom is 0.294 e. The molecule has 1 saturated heterocycles. The van der Waals surface area contributed by atoms with Crippen LogP contribution < -0.4 is 14.9 Å². The number of aromatic nitrogens is 1. The molecular formula is C29H32N4O7. The lowest BCUT2D eigenvalue weighted by atomic mass is 9.84. The summed E-state index contributed by atoms with van der Waals surface area (Å²) < 4.78 is 23.3. The minimum Gasteiger partial charge on any atom is -0.486 e. The van der Waals surface area contributed by atoms with Gasteiger partial charge in [-0.3, -0.25) is 14.6 Å². The predicted octanol–water partition coefficient (Wildman–Crippen LogP) is 2.93. The summed E-state index contributed by atoms with van der Waals surface area (Å²) in [6.45, 7) is 6.08. The number of nitrogens with zero attached hydrogens (tertiary/aromatic N) is 3. The molecule has 2 amide bonds. The number of carbonyl (C=O) groups excluding carboxylic acids is 2. The summed E-state index contributed by atoms with van der Waals surface area (Å²) in [4.78, 5) is 39.5. The first-order valence-corrected chi connectivity index (χ1v) is 13.6. The number of hydrogen-bond acceptors (Lipinski definition) is 9. The molecule has 3 aliphatic heterocycles. The number of amides is 2. The average molecular weight is 549 g/mol. The van der Waals surface area contributed by atoms with Gasteiger partial charge in [0.1, 0.15) is 17.9 Å².